The fourth-order valence-electron chi connectivity index (χ4n) is 5.34. The van der Waals surface area contributed by atoms with Gasteiger partial charge in [0, 0.05) is 19.0 Å². The molecule has 0 spiro atoms. The lowest BCUT2D eigenvalue weighted by Crippen LogP contribution is -2.46. The summed E-state index contributed by atoms with van der Waals surface area (Å²) in [4.78, 5) is 71.9. The third-order valence-electron chi connectivity index (χ3n) is 8.04. The van der Waals surface area contributed by atoms with Gasteiger partial charge in [0.05, 0.1) is 38.0 Å². The SMILES string of the molecule is COc1cc(OC)c(OCc2ccccc2)c(CN[C@H]2CC(=O)C(=O)[C@H](Cc3ccccc3)[C@H](OC(=O)C(C)C)[C@H](C)C(=O)C2=O)n1. The van der Waals surface area contributed by atoms with Crippen LogP contribution in [0.25, 0.3) is 0 Å². The molecule has 1 aromatic heterocycles. The highest BCUT2D eigenvalue weighted by atomic mass is 16.5. The molecular formula is C36H40N2O9. The molecule has 1 N–H and O–H groups in total. The summed E-state index contributed by atoms with van der Waals surface area (Å²) in [6.45, 7) is 4.72. The van der Waals surface area contributed by atoms with Crippen LogP contribution in [0.2, 0.25) is 0 Å². The van der Waals surface area contributed by atoms with Crippen molar-refractivity contribution >= 4 is 29.1 Å². The van der Waals surface area contributed by atoms with E-state index in [1.54, 1.807) is 44.2 Å². The number of benzene rings is 2. The van der Waals surface area contributed by atoms with E-state index in [1.807, 2.05) is 36.4 Å². The molecule has 4 atom stereocenters. The maximum atomic E-state index is 13.8. The molecule has 47 heavy (non-hydrogen) atoms. The molecule has 1 fully saturated rings. The van der Waals surface area contributed by atoms with Gasteiger partial charge in [0.25, 0.3) is 0 Å². The summed E-state index contributed by atoms with van der Waals surface area (Å²) in [5.41, 5.74) is 1.89. The maximum Gasteiger partial charge on any atom is 0.308 e. The van der Waals surface area contributed by atoms with Gasteiger partial charge in [-0.05, 0) is 17.5 Å². The molecular weight excluding hydrogens is 604 g/mol. The summed E-state index contributed by atoms with van der Waals surface area (Å²) in [6.07, 6.45) is -1.85. The molecule has 0 amide bonds. The zero-order valence-electron chi connectivity index (χ0n) is 27.2. The number of carbonyl (C=O) groups is 5. The second-order valence-electron chi connectivity index (χ2n) is 11.7. The molecule has 2 aromatic carbocycles. The van der Waals surface area contributed by atoms with Gasteiger partial charge in [-0.15, -0.1) is 0 Å². The zero-order valence-corrected chi connectivity index (χ0v) is 27.2. The van der Waals surface area contributed by atoms with E-state index in [0.717, 1.165) is 5.56 Å². The first-order valence-electron chi connectivity index (χ1n) is 15.5. The van der Waals surface area contributed by atoms with E-state index in [1.165, 1.54) is 21.1 Å². The van der Waals surface area contributed by atoms with Crippen molar-refractivity contribution in [2.75, 3.05) is 14.2 Å². The molecule has 1 aliphatic carbocycles. The molecule has 3 aromatic rings. The predicted octanol–water partition coefficient (Wildman–Crippen LogP) is 3.88. The smallest absolute Gasteiger partial charge is 0.308 e. The number of hydrogen-bond acceptors (Lipinski definition) is 11. The second kappa shape index (κ2) is 16.1. The van der Waals surface area contributed by atoms with Crippen LogP contribution in [-0.4, -0.2) is 60.5 Å². The van der Waals surface area contributed by atoms with Gasteiger partial charge >= 0.3 is 5.97 Å². The molecule has 1 aliphatic rings. The van der Waals surface area contributed by atoms with Crippen LogP contribution < -0.4 is 19.5 Å². The zero-order chi connectivity index (χ0) is 34.1. The number of ketones is 4. The molecule has 0 radical (unpaired) electrons. The van der Waals surface area contributed by atoms with Crippen molar-refractivity contribution in [3.05, 3.63) is 83.6 Å². The summed E-state index contributed by atoms with van der Waals surface area (Å²) in [5.74, 6) is -6.22. The number of ether oxygens (including phenoxy) is 4. The van der Waals surface area contributed by atoms with Gasteiger partial charge in [-0.2, -0.15) is 0 Å². The summed E-state index contributed by atoms with van der Waals surface area (Å²) in [6, 6.07) is 18.5. The largest absolute Gasteiger partial charge is 0.493 e. The lowest BCUT2D eigenvalue weighted by Gasteiger charge is -2.29. The van der Waals surface area contributed by atoms with Gasteiger partial charge in [0.2, 0.25) is 29.0 Å². The van der Waals surface area contributed by atoms with Crippen LogP contribution >= 0.6 is 0 Å². The van der Waals surface area contributed by atoms with Crippen molar-refractivity contribution in [1.29, 1.82) is 0 Å². The molecule has 4 rings (SSSR count). The Bertz CT molecular complexity index is 1590. The monoisotopic (exact) mass is 644 g/mol. The van der Waals surface area contributed by atoms with Crippen LogP contribution in [0.3, 0.4) is 0 Å². The summed E-state index contributed by atoms with van der Waals surface area (Å²) in [5, 5.41) is 2.96. The number of pyridine rings is 1. The Kier molecular flexibility index (Phi) is 12.0. The van der Waals surface area contributed by atoms with Crippen LogP contribution in [0, 0.1) is 17.8 Å². The van der Waals surface area contributed by atoms with Crippen molar-refractivity contribution in [3.63, 3.8) is 0 Å². The maximum absolute atomic E-state index is 13.8. The second-order valence-corrected chi connectivity index (χ2v) is 11.7. The molecule has 11 nitrogen and oxygen atoms in total. The van der Waals surface area contributed by atoms with Crippen LogP contribution in [-0.2, 0) is 48.3 Å². The number of carbonyl (C=O) groups excluding carboxylic acids is 5. The van der Waals surface area contributed by atoms with Gasteiger partial charge in [-0.1, -0.05) is 81.4 Å². The van der Waals surface area contributed by atoms with Gasteiger partial charge in [0.15, 0.2) is 11.5 Å². The van der Waals surface area contributed by atoms with E-state index in [4.69, 9.17) is 18.9 Å². The topological polar surface area (TPSA) is 147 Å². The number of Topliss-reactive ketones (excluding diaryl/α,β-unsaturated/α-hetero) is 4. The molecule has 0 bridgehead atoms. The van der Waals surface area contributed by atoms with E-state index in [9.17, 15) is 24.0 Å². The molecule has 0 aliphatic heterocycles. The normalized spacial score (nSPS) is 20.3. The molecule has 1 heterocycles. The first kappa shape index (κ1) is 35.0. The highest BCUT2D eigenvalue weighted by Gasteiger charge is 2.46. The van der Waals surface area contributed by atoms with Crippen LogP contribution in [0.4, 0.5) is 0 Å². The average molecular weight is 645 g/mol. The Labute approximate surface area is 274 Å². The van der Waals surface area contributed by atoms with Gasteiger partial charge < -0.3 is 24.3 Å². The Hall–Kier alpha value is -4.90. The molecule has 0 unspecified atom stereocenters. The third-order valence-corrected chi connectivity index (χ3v) is 8.04. The number of esters is 1. The number of nitrogens with one attached hydrogen (secondary N) is 1. The molecule has 248 valence electrons. The first-order valence-corrected chi connectivity index (χ1v) is 15.5. The average Bonchev–Trinajstić information content (AvgIpc) is 3.11. The lowest BCUT2D eigenvalue weighted by molar-refractivity contribution is -0.163. The lowest BCUT2D eigenvalue weighted by atomic mass is 9.81. The van der Waals surface area contributed by atoms with Gasteiger partial charge in [0.1, 0.15) is 18.4 Å². The van der Waals surface area contributed by atoms with E-state index in [2.05, 4.69) is 10.3 Å². The van der Waals surface area contributed by atoms with E-state index < -0.39 is 65.4 Å². The van der Waals surface area contributed by atoms with Crippen molar-refractivity contribution in [3.8, 4) is 17.4 Å². The molecule has 0 saturated heterocycles. The summed E-state index contributed by atoms with van der Waals surface area (Å²) < 4.78 is 22.7. The van der Waals surface area contributed by atoms with E-state index >= 15 is 0 Å². The van der Waals surface area contributed by atoms with Crippen molar-refractivity contribution in [2.45, 2.75) is 58.9 Å². The fourth-order valence-corrected chi connectivity index (χ4v) is 5.34. The van der Waals surface area contributed by atoms with Crippen molar-refractivity contribution in [2.24, 2.45) is 17.8 Å². The predicted molar refractivity (Wildman–Crippen MR) is 171 cm³/mol. The Morgan fingerprint density at radius 3 is 2.13 bits per heavy atom. The standard InChI is InChI=1S/C36H40N2O9/c1-21(2)36(43)47-34-22(3)31(40)33(42)26(17-28(39)32(41)25(34)16-23-12-8-6-9-13-23)37-19-27-35(29(44-4)18-30(38-27)45-5)46-20-24-14-10-7-11-15-24/h6-15,18,21-22,25-26,34,37H,16-17,19-20H2,1-5H3/t22-,25+,26+,34-/m1/s1. The fraction of sp³-hybridized carbons (Fsp3) is 0.389. The quantitative estimate of drug-likeness (QED) is 0.226. The van der Waals surface area contributed by atoms with E-state index in [0.29, 0.717) is 11.3 Å². The minimum absolute atomic E-state index is 0.0427. The number of nitrogens with zero attached hydrogens (tertiary/aromatic N) is 1. The Morgan fingerprint density at radius 2 is 1.53 bits per heavy atom. The Balaban J connectivity index is 1.65. The Morgan fingerprint density at radius 1 is 0.894 bits per heavy atom. The minimum Gasteiger partial charge on any atom is -0.493 e. The van der Waals surface area contributed by atoms with Crippen LogP contribution in [0.5, 0.6) is 17.4 Å². The van der Waals surface area contributed by atoms with Crippen LogP contribution in [0.15, 0.2) is 66.7 Å². The highest BCUT2D eigenvalue weighted by Crippen LogP contribution is 2.34. The summed E-state index contributed by atoms with van der Waals surface area (Å²) in [7, 11) is 2.89. The molecule has 11 heteroatoms. The minimum atomic E-state index is -1.36. The van der Waals surface area contributed by atoms with Crippen molar-refractivity contribution < 1.29 is 42.9 Å². The highest BCUT2D eigenvalue weighted by molar-refractivity contribution is 6.44. The van der Waals surface area contributed by atoms with Crippen molar-refractivity contribution in [1.82, 2.24) is 10.3 Å². The molecule has 1 saturated carbocycles. The van der Waals surface area contributed by atoms with Gasteiger partial charge in [-0.3, -0.25) is 24.0 Å². The third kappa shape index (κ3) is 8.68. The van der Waals surface area contributed by atoms with Crippen LogP contribution in [0.1, 0.15) is 44.0 Å². The number of hydrogen-bond donors (Lipinski definition) is 1. The number of methoxy groups -OCH3 is 2. The van der Waals surface area contributed by atoms with Gasteiger partial charge in [-0.25, -0.2) is 4.98 Å². The van der Waals surface area contributed by atoms with E-state index in [-0.39, 0.29) is 36.9 Å². The summed E-state index contributed by atoms with van der Waals surface area (Å²) >= 11 is 0. The number of aromatic nitrogens is 1. The first-order chi connectivity index (χ1) is 22.5. The number of rotatable bonds is 12.